The van der Waals surface area contributed by atoms with E-state index in [9.17, 15) is 27.1 Å². The number of aliphatic hydroxyl groups is 1. The predicted molar refractivity (Wildman–Crippen MR) is 134 cm³/mol. The molecule has 8 nitrogen and oxygen atoms in total. The highest BCUT2D eigenvalue weighted by Crippen LogP contribution is 2.31. The number of amides is 1. The van der Waals surface area contributed by atoms with Crippen molar-refractivity contribution in [3.8, 4) is 0 Å². The summed E-state index contributed by atoms with van der Waals surface area (Å²) in [5.41, 5.74) is 0.0554. The molecule has 1 amide bonds. The fraction of sp³-hybridized carbons (Fsp3) is 0.167. The summed E-state index contributed by atoms with van der Waals surface area (Å²) < 4.78 is 55.4. The standard InChI is InChI=1S/C24H21ClF2N4O4S/c1-2-9-36(34,35)31-19-8-7-18(26)20(21(19)27)24(33)30-15-10-16-17(12-29-23(16)28-11-15)22(32)13-3-5-14(25)6-4-13/h3-8,10-12,22,31-32H,2,9H2,1H3,(H,28,29)(H,30,33). The van der Waals surface area contributed by atoms with Gasteiger partial charge >= 0.3 is 0 Å². The first-order chi connectivity index (χ1) is 17.1. The molecule has 188 valence electrons. The molecule has 2 heterocycles. The van der Waals surface area contributed by atoms with E-state index in [0.717, 1.165) is 12.1 Å². The lowest BCUT2D eigenvalue weighted by molar-refractivity contribution is 0.101. The maximum atomic E-state index is 15.0. The van der Waals surface area contributed by atoms with E-state index >= 15 is 0 Å². The smallest absolute Gasteiger partial charge is 0.261 e. The van der Waals surface area contributed by atoms with E-state index in [-0.39, 0.29) is 17.9 Å². The first-order valence-corrected chi connectivity index (χ1v) is 12.8. The number of carbonyl (C=O) groups is 1. The predicted octanol–water partition coefficient (Wildman–Crippen LogP) is 4.98. The Labute approximate surface area is 210 Å². The van der Waals surface area contributed by atoms with Gasteiger partial charge in [-0.1, -0.05) is 30.7 Å². The van der Waals surface area contributed by atoms with Crippen molar-refractivity contribution in [3.63, 3.8) is 0 Å². The summed E-state index contributed by atoms with van der Waals surface area (Å²) in [6, 6.07) is 9.81. The van der Waals surface area contributed by atoms with Crippen molar-refractivity contribution in [1.82, 2.24) is 9.97 Å². The van der Waals surface area contributed by atoms with Gasteiger partial charge in [0.1, 0.15) is 23.1 Å². The van der Waals surface area contributed by atoms with Gasteiger partial charge in [0.15, 0.2) is 5.82 Å². The first kappa shape index (κ1) is 25.5. The van der Waals surface area contributed by atoms with Gasteiger partial charge in [0.2, 0.25) is 10.0 Å². The van der Waals surface area contributed by atoms with E-state index < -0.39 is 44.9 Å². The van der Waals surface area contributed by atoms with Crippen LogP contribution in [-0.2, 0) is 10.0 Å². The lowest BCUT2D eigenvalue weighted by atomic mass is 10.0. The number of nitrogens with zero attached hydrogens (tertiary/aromatic N) is 1. The molecule has 4 aromatic rings. The van der Waals surface area contributed by atoms with Crippen LogP contribution in [0.15, 0.2) is 54.9 Å². The second-order valence-corrected chi connectivity index (χ2v) is 10.3. The van der Waals surface area contributed by atoms with Crippen LogP contribution in [0.3, 0.4) is 0 Å². The molecule has 2 aromatic carbocycles. The zero-order chi connectivity index (χ0) is 26.0. The molecule has 36 heavy (non-hydrogen) atoms. The number of halogens is 3. The Morgan fingerprint density at radius 2 is 1.92 bits per heavy atom. The lowest BCUT2D eigenvalue weighted by Gasteiger charge is -2.13. The van der Waals surface area contributed by atoms with Crippen molar-refractivity contribution in [2.45, 2.75) is 19.4 Å². The van der Waals surface area contributed by atoms with E-state index in [2.05, 4.69) is 15.3 Å². The molecule has 0 spiro atoms. The summed E-state index contributed by atoms with van der Waals surface area (Å²) in [6.45, 7) is 1.63. The molecule has 0 aliphatic heterocycles. The van der Waals surface area contributed by atoms with Crippen LogP contribution in [-0.4, -0.2) is 35.2 Å². The number of H-pyrrole nitrogens is 1. The molecule has 4 N–H and O–H groups in total. The van der Waals surface area contributed by atoms with E-state index in [4.69, 9.17) is 11.6 Å². The summed E-state index contributed by atoms with van der Waals surface area (Å²) in [7, 11) is -3.87. The Morgan fingerprint density at radius 1 is 1.19 bits per heavy atom. The third-order valence-corrected chi connectivity index (χ3v) is 7.09. The third-order valence-electron chi connectivity index (χ3n) is 5.36. The largest absolute Gasteiger partial charge is 0.384 e. The number of aromatic amines is 1. The number of aliphatic hydroxyl groups excluding tert-OH is 1. The molecule has 0 radical (unpaired) electrons. The number of fused-ring (bicyclic) bond motifs is 1. The Hall–Kier alpha value is -3.54. The van der Waals surface area contributed by atoms with Crippen LogP contribution >= 0.6 is 11.6 Å². The molecular formula is C24H21ClF2N4O4S. The van der Waals surface area contributed by atoms with Gasteiger partial charge in [-0.15, -0.1) is 0 Å². The second kappa shape index (κ2) is 10.2. The maximum absolute atomic E-state index is 15.0. The quantitative estimate of drug-likeness (QED) is 0.254. The van der Waals surface area contributed by atoms with Gasteiger partial charge in [-0.25, -0.2) is 22.2 Å². The molecular weight excluding hydrogens is 514 g/mol. The monoisotopic (exact) mass is 534 g/mol. The number of hydrogen-bond donors (Lipinski definition) is 4. The molecule has 0 saturated heterocycles. The minimum atomic E-state index is -3.87. The van der Waals surface area contributed by atoms with Gasteiger partial charge < -0.3 is 15.4 Å². The lowest BCUT2D eigenvalue weighted by Crippen LogP contribution is -2.20. The number of carbonyl (C=O) groups excluding carboxylic acids is 1. The van der Waals surface area contributed by atoms with Crippen LogP contribution in [0.5, 0.6) is 0 Å². The molecule has 0 bridgehead atoms. The van der Waals surface area contributed by atoms with Crippen molar-refractivity contribution >= 4 is 49.9 Å². The molecule has 0 aliphatic carbocycles. The Balaban J connectivity index is 1.63. The molecule has 0 aliphatic rings. The Bertz CT molecular complexity index is 1540. The van der Waals surface area contributed by atoms with Crippen LogP contribution in [0.25, 0.3) is 11.0 Å². The number of hydrogen-bond acceptors (Lipinski definition) is 5. The number of benzene rings is 2. The third kappa shape index (κ3) is 5.32. The van der Waals surface area contributed by atoms with Crippen LogP contribution < -0.4 is 10.0 Å². The van der Waals surface area contributed by atoms with Crippen molar-refractivity contribution in [2.24, 2.45) is 0 Å². The van der Waals surface area contributed by atoms with Gasteiger partial charge in [-0.2, -0.15) is 0 Å². The van der Waals surface area contributed by atoms with Crippen LogP contribution in [0.1, 0.15) is 40.9 Å². The number of pyridine rings is 1. The number of anilines is 2. The minimum absolute atomic E-state index is 0.104. The van der Waals surface area contributed by atoms with Crippen LogP contribution in [0.4, 0.5) is 20.2 Å². The number of nitrogens with one attached hydrogen (secondary N) is 3. The highest BCUT2D eigenvalue weighted by molar-refractivity contribution is 7.92. The topological polar surface area (TPSA) is 124 Å². The Morgan fingerprint density at radius 3 is 2.61 bits per heavy atom. The van der Waals surface area contributed by atoms with Crippen LogP contribution in [0.2, 0.25) is 5.02 Å². The molecule has 0 fully saturated rings. The zero-order valence-electron chi connectivity index (χ0n) is 18.8. The fourth-order valence-electron chi connectivity index (χ4n) is 3.66. The van der Waals surface area contributed by atoms with Gasteiger partial charge in [0.05, 0.1) is 23.3 Å². The molecule has 0 saturated carbocycles. The maximum Gasteiger partial charge on any atom is 0.261 e. The number of sulfonamides is 1. The summed E-state index contributed by atoms with van der Waals surface area (Å²) in [6.07, 6.45) is 2.09. The van der Waals surface area contributed by atoms with Crippen LogP contribution in [0, 0.1) is 11.6 Å². The van der Waals surface area contributed by atoms with E-state index in [1.165, 1.54) is 12.3 Å². The molecule has 12 heteroatoms. The SMILES string of the molecule is CCCS(=O)(=O)Nc1ccc(F)c(C(=O)Nc2cnc3[nH]cc(C(O)c4ccc(Cl)cc4)c3c2)c1F. The van der Waals surface area contributed by atoms with Gasteiger partial charge in [0, 0.05) is 22.2 Å². The average molecular weight is 535 g/mol. The van der Waals surface area contributed by atoms with Crippen molar-refractivity contribution in [1.29, 1.82) is 0 Å². The second-order valence-electron chi connectivity index (χ2n) is 7.98. The van der Waals surface area contributed by atoms with E-state index in [1.807, 2.05) is 4.72 Å². The Kier molecular flexibility index (Phi) is 7.25. The minimum Gasteiger partial charge on any atom is -0.384 e. The van der Waals surface area contributed by atoms with Crippen molar-refractivity contribution in [3.05, 3.63) is 88.2 Å². The van der Waals surface area contributed by atoms with E-state index in [0.29, 0.717) is 27.2 Å². The summed E-state index contributed by atoms with van der Waals surface area (Å²) in [5, 5.41) is 14.2. The fourth-order valence-corrected chi connectivity index (χ4v) is 4.92. The zero-order valence-corrected chi connectivity index (χ0v) is 20.4. The van der Waals surface area contributed by atoms with Crippen molar-refractivity contribution < 1.29 is 27.1 Å². The average Bonchev–Trinajstić information content (AvgIpc) is 3.24. The van der Waals surface area contributed by atoms with Gasteiger partial charge in [-0.3, -0.25) is 9.52 Å². The molecule has 1 atom stereocenters. The van der Waals surface area contributed by atoms with Gasteiger partial charge in [-0.05, 0) is 42.3 Å². The van der Waals surface area contributed by atoms with E-state index in [1.54, 1.807) is 37.4 Å². The summed E-state index contributed by atoms with van der Waals surface area (Å²) >= 11 is 5.91. The normalized spacial score (nSPS) is 12.5. The first-order valence-electron chi connectivity index (χ1n) is 10.8. The molecule has 4 rings (SSSR count). The van der Waals surface area contributed by atoms with Crippen molar-refractivity contribution in [2.75, 3.05) is 15.8 Å². The molecule has 2 aromatic heterocycles. The highest BCUT2D eigenvalue weighted by atomic mass is 35.5. The number of rotatable bonds is 8. The highest BCUT2D eigenvalue weighted by Gasteiger charge is 2.24. The summed E-state index contributed by atoms with van der Waals surface area (Å²) in [5.74, 6) is -3.92. The molecule has 1 unspecified atom stereocenters. The number of aromatic nitrogens is 2. The summed E-state index contributed by atoms with van der Waals surface area (Å²) in [4.78, 5) is 19.9. The van der Waals surface area contributed by atoms with Gasteiger partial charge in [0.25, 0.3) is 5.91 Å².